The lowest BCUT2D eigenvalue weighted by molar-refractivity contribution is -0.131. The van der Waals surface area contributed by atoms with Crippen LogP contribution in [0.15, 0.2) is 24.3 Å². The lowest BCUT2D eigenvalue weighted by Crippen LogP contribution is -2.35. The van der Waals surface area contributed by atoms with E-state index >= 15 is 0 Å². The summed E-state index contributed by atoms with van der Waals surface area (Å²) in [6, 6.07) is 6.35. The molecule has 0 radical (unpaired) electrons. The second kappa shape index (κ2) is 11.8. The van der Waals surface area contributed by atoms with E-state index in [-0.39, 0.29) is 17.6 Å². The number of aromatic nitrogens is 4. The number of hydrogen-bond acceptors (Lipinski definition) is 5. The van der Waals surface area contributed by atoms with Crippen LogP contribution in [-0.2, 0) is 4.79 Å². The Morgan fingerprint density at radius 3 is 2.53 bits per heavy atom. The third-order valence-corrected chi connectivity index (χ3v) is 7.08. The Labute approximate surface area is 213 Å². The number of amides is 1. The highest BCUT2D eigenvalue weighted by atomic mass is 19.1. The summed E-state index contributed by atoms with van der Waals surface area (Å²) >= 11 is 0. The Morgan fingerprint density at radius 2 is 1.81 bits per heavy atom. The molecule has 0 aliphatic carbocycles. The molecule has 8 heteroatoms. The van der Waals surface area contributed by atoms with Crippen molar-refractivity contribution in [2.24, 2.45) is 0 Å². The second-order valence-corrected chi connectivity index (χ2v) is 9.95. The molecule has 2 aromatic heterocycles. The van der Waals surface area contributed by atoms with Crippen LogP contribution in [0.25, 0.3) is 16.7 Å². The van der Waals surface area contributed by atoms with Gasteiger partial charge in [-0.25, -0.2) is 19.0 Å². The van der Waals surface area contributed by atoms with E-state index in [1.54, 1.807) is 16.8 Å². The Morgan fingerprint density at radius 1 is 1.03 bits per heavy atom. The molecule has 1 atom stereocenters. The molecule has 0 spiro atoms. The molecule has 36 heavy (non-hydrogen) atoms. The van der Waals surface area contributed by atoms with E-state index in [0.717, 1.165) is 92.2 Å². The second-order valence-electron chi connectivity index (χ2n) is 9.95. The number of anilines is 1. The topological polar surface area (TPSA) is 67.2 Å². The van der Waals surface area contributed by atoms with Crippen molar-refractivity contribution >= 4 is 22.8 Å². The minimum absolute atomic E-state index is 0.207. The van der Waals surface area contributed by atoms with Crippen molar-refractivity contribution in [1.29, 1.82) is 0 Å². The summed E-state index contributed by atoms with van der Waals surface area (Å²) in [5.74, 6) is 1.88. The van der Waals surface area contributed by atoms with Crippen molar-refractivity contribution in [2.45, 2.75) is 78.6 Å². The summed E-state index contributed by atoms with van der Waals surface area (Å²) < 4.78 is 15.4. The minimum Gasteiger partial charge on any atom is -0.354 e. The minimum atomic E-state index is -0.280. The van der Waals surface area contributed by atoms with Gasteiger partial charge in [0.15, 0.2) is 5.65 Å². The van der Waals surface area contributed by atoms with Gasteiger partial charge in [0.2, 0.25) is 5.91 Å². The molecule has 1 fully saturated rings. The van der Waals surface area contributed by atoms with Gasteiger partial charge >= 0.3 is 0 Å². The molecule has 4 rings (SSSR count). The van der Waals surface area contributed by atoms with Gasteiger partial charge in [-0.2, -0.15) is 5.10 Å². The van der Waals surface area contributed by atoms with Crippen LogP contribution < -0.4 is 4.90 Å². The van der Waals surface area contributed by atoms with Crippen LogP contribution in [0.5, 0.6) is 0 Å². The SMILES string of the molecule is CCCCCC(=O)N1CCCN(c2nc(C(C)CCC)nc3c2c(C)nn3-c2ccc(F)cc2)CC1. The molecular weight excluding hydrogens is 455 g/mol. The van der Waals surface area contributed by atoms with E-state index in [1.165, 1.54) is 12.1 Å². The Kier molecular flexibility index (Phi) is 8.54. The number of aryl methyl sites for hydroxylation is 1. The van der Waals surface area contributed by atoms with Crippen molar-refractivity contribution in [2.75, 3.05) is 31.1 Å². The zero-order valence-corrected chi connectivity index (χ0v) is 22.1. The number of benzene rings is 1. The lowest BCUT2D eigenvalue weighted by Gasteiger charge is -2.24. The number of carbonyl (C=O) groups excluding carboxylic acids is 1. The molecule has 1 aromatic carbocycles. The summed E-state index contributed by atoms with van der Waals surface area (Å²) in [6.45, 7) is 11.5. The summed E-state index contributed by atoms with van der Waals surface area (Å²) in [7, 11) is 0. The Hall–Kier alpha value is -3.03. The highest BCUT2D eigenvalue weighted by molar-refractivity contribution is 5.91. The Bertz CT molecular complexity index is 1170. The molecule has 194 valence electrons. The fourth-order valence-electron chi connectivity index (χ4n) is 5.01. The van der Waals surface area contributed by atoms with Crippen LogP contribution in [0.2, 0.25) is 0 Å². The molecule has 1 amide bonds. The van der Waals surface area contributed by atoms with E-state index in [0.29, 0.717) is 13.0 Å². The fourth-order valence-corrected chi connectivity index (χ4v) is 5.01. The number of carbonyl (C=O) groups is 1. The molecule has 3 heterocycles. The van der Waals surface area contributed by atoms with E-state index in [9.17, 15) is 9.18 Å². The predicted octanol–water partition coefficient (Wildman–Crippen LogP) is 5.79. The molecular formula is C28H39FN6O. The maximum atomic E-state index is 13.6. The first-order valence-corrected chi connectivity index (χ1v) is 13.5. The monoisotopic (exact) mass is 494 g/mol. The van der Waals surface area contributed by atoms with Crippen molar-refractivity contribution < 1.29 is 9.18 Å². The number of hydrogen-bond donors (Lipinski definition) is 0. The number of nitrogens with zero attached hydrogens (tertiary/aromatic N) is 6. The molecule has 0 saturated carbocycles. The smallest absolute Gasteiger partial charge is 0.222 e. The van der Waals surface area contributed by atoms with Crippen molar-refractivity contribution in [3.63, 3.8) is 0 Å². The van der Waals surface area contributed by atoms with Crippen LogP contribution in [0.1, 0.15) is 83.2 Å². The van der Waals surface area contributed by atoms with Gasteiger partial charge < -0.3 is 9.80 Å². The van der Waals surface area contributed by atoms with Gasteiger partial charge in [0, 0.05) is 38.5 Å². The maximum Gasteiger partial charge on any atom is 0.222 e. The van der Waals surface area contributed by atoms with Gasteiger partial charge in [-0.1, -0.05) is 40.0 Å². The van der Waals surface area contributed by atoms with Gasteiger partial charge in [-0.15, -0.1) is 0 Å². The molecule has 1 aliphatic heterocycles. The molecule has 0 N–H and O–H groups in total. The van der Waals surface area contributed by atoms with Gasteiger partial charge in [-0.3, -0.25) is 4.79 Å². The number of rotatable bonds is 9. The molecule has 3 aromatic rings. The van der Waals surface area contributed by atoms with Crippen LogP contribution in [0.3, 0.4) is 0 Å². The largest absolute Gasteiger partial charge is 0.354 e. The van der Waals surface area contributed by atoms with Crippen molar-refractivity contribution in [3.8, 4) is 5.69 Å². The molecule has 1 aliphatic rings. The van der Waals surface area contributed by atoms with Gasteiger partial charge in [0.05, 0.1) is 16.8 Å². The highest BCUT2D eigenvalue weighted by Gasteiger charge is 2.26. The van der Waals surface area contributed by atoms with Crippen LogP contribution in [0.4, 0.5) is 10.2 Å². The standard InChI is InChI=1S/C28H39FN6O/c1-5-7-8-11-24(36)33-16-9-17-34(19-18-33)27-25-21(4)32-35(23-14-12-22(29)13-15-23)28(25)31-26(30-27)20(3)10-6-2/h12-15,20H,5-11,16-19H2,1-4H3. The summed E-state index contributed by atoms with van der Waals surface area (Å²) in [5.41, 5.74) is 2.36. The molecule has 7 nitrogen and oxygen atoms in total. The van der Waals surface area contributed by atoms with E-state index in [2.05, 4.69) is 25.7 Å². The lowest BCUT2D eigenvalue weighted by atomic mass is 10.1. The van der Waals surface area contributed by atoms with Gasteiger partial charge in [0.25, 0.3) is 0 Å². The maximum absolute atomic E-state index is 13.6. The van der Waals surface area contributed by atoms with Gasteiger partial charge in [0.1, 0.15) is 17.5 Å². The third kappa shape index (κ3) is 5.68. The average molecular weight is 495 g/mol. The van der Waals surface area contributed by atoms with Crippen molar-refractivity contribution in [1.82, 2.24) is 24.6 Å². The zero-order chi connectivity index (χ0) is 25.7. The summed E-state index contributed by atoms with van der Waals surface area (Å²) in [5, 5.41) is 5.73. The predicted molar refractivity (Wildman–Crippen MR) is 142 cm³/mol. The van der Waals surface area contributed by atoms with E-state index < -0.39 is 0 Å². The van der Waals surface area contributed by atoms with E-state index in [1.807, 2.05) is 11.8 Å². The first-order valence-electron chi connectivity index (χ1n) is 13.5. The Balaban J connectivity index is 1.70. The first-order chi connectivity index (χ1) is 17.4. The van der Waals surface area contributed by atoms with Crippen LogP contribution in [-0.4, -0.2) is 56.7 Å². The quantitative estimate of drug-likeness (QED) is 0.353. The molecule has 0 bridgehead atoms. The highest BCUT2D eigenvalue weighted by Crippen LogP contribution is 2.32. The van der Waals surface area contributed by atoms with Crippen LogP contribution >= 0.6 is 0 Å². The van der Waals surface area contributed by atoms with Gasteiger partial charge in [-0.05, 0) is 50.5 Å². The zero-order valence-electron chi connectivity index (χ0n) is 22.1. The van der Waals surface area contributed by atoms with Crippen molar-refractivity contribution in [3.05, 3.63) is 41.6 Å². The normalized spacial score (nSPS) is 15.4. The molecule has 1 saturated heterocycles. The summed E-state index contributed by atoms with van der Waals surface area (Å²) in [4.78, 5) is 27.2. The fraction of sp³-hybridized carbons (Fsp3) is 0.571. The summed E-state index contributed by atoms with van der Waals surface area (Å²) in [6.07, 6.45) is 6.75. The van der Waals surface area contributed by atoms with E-state index in [4.69, 9.17) is 15.1 Å². The van der Waals surface area contributed by atoms with Crippen LogP contribution in [0, 0.1) is 12.7 Å². The average Bonchev–Trinajstić information content (AvgIpc) is 3.04. The number of halogens is 1. The molecule has 1 unspecified atom stereocenters. The number of fused-ring (bicyclic) bond motifs is 1. The first kappa shape index (κ1) is 26.0. The third-order valence-electron chi connectivity index (χ3n) is 7.08. The number of unbranched alkanes of at least 4 members (excludes halogenated alkanes) is 2.